The van der Waals surface area contributed by atoms with E-state index in [0.717, 1.165) is 10.0 Å². The summed E-state index contributed by atoms with van der Waals surface area (Å²) in [6.07, 6.45) is 1.44. The lowest BCUT2D eigenvalue weighted by Crippen LogP contribution is -2.25. The standard InChI is InChI=1S/C16H10BrFN2O/c17-12-7-3-2-6-11(12)15-19-14(16(21)20-15)9-10-5-1-4-8-13(10)18/h1-9H,(H,19,20,21). The van der Waals surface area contributed by atoms with E-state index in [1.54, 1.807) is 18.2 Å². The van der Waals surface area contributed by atoms with Crippen LogP contribution in [0.15, 0.2) is 63.7 Å². The van der Waals surface area contributed by atoms with Crippen molar-refractivity contribution in [2.45, 2.75) is 0 Å². The molecule has 0 unspecified atom stereocenters. The van der Waals surface area contributed by atoms with E-state index in [2.05, 4.69) is 26.2 Å². The van der Waals surface area contributed by atoms with Crippen molar-refractivity contribution in [1.29, 1.82) is 0 Å². The van der Waals surface area contributed by atoms with Gasteiger partial charge in [-0.25, -0.2) is 9.38 Å². The van der Waals surface area contributed by atoms with Crippen molar-refractivity contribution in [2.75, 3.05) is 0 Å². The van der Waals surface area contributed by atoms with Gasteiger partial charge in [-0.15, -0.1) is 0 Å². The van der Waals surface area contributed by atoms with Crippen LogP contribution in [-0.4, -0.2) is 11.7 Å². The van der Waals surface area contributed by atoms with E-state index in [-0.39, 0.29) is 17.4 Å². The van der Waals surface area contributed by atoms with E-state index in [1.807, 2.05) is 24.3 Å². The molecule has 0 aliphatic carbocycles. The number of hydrogen-bond acceptors (Lipinski definition) is 2. The van der Waals surface area contributed by atoms with Crippen LogP contribution in [0.25, 0.3) is 6.08 Å². The molecule has 1 N–H and O–H groups in total. The van der Waals surface area contributed by atoms with Crippen LogP contribution in [-0.2, 0) is 4.79 Å². The van der Waals surface area contributed by atoms with Gasteiger partial charge in [-0.1, -0.05) is 52.3 Å². The summed E-state index contributed by atoms with van der Waals surface area (Å²) in [7, 11) is 0. The molecule has 0 saturated heterocycles. The average molecular weight is 345 g/mol. The summed E-state index contributed by atoms with van der Waals surface area (Å²) in [6, 6.07) is 13.7. The van der Waals surface area contributed by atoms with Gasteiger partial charge in [-0.05, 0) is 18.2 Å². The summed E-state index contributed by atoms with van der Waals surface area (Å²) >= 11 is 3.41. The molecule has 3 nitrogen and oxygen atoms in total. The predicted molar refractivity (Wildman–Crippen MR) is 83.2 cm³/mol. The van der Waals surface area contributed by atoms with Crippen molar-refractivity contribution in [1.82, 2.24) is 5.32 Å². The molecule has 0 aromatic heterocycles. The maximum atomic E-state index is 13.6. The van der Waals surface area contributed by atoms with Crippen LogP contribution in [0, 0.1) is 5.82 Å². The van der Waals surface area contributed by atoms with Gasteiger partial charge >= 0.3 is 0 Å². The highest BCUT2D eigenvalue weighted by Crippen LogP contribution is 2.21. The van der Waals surface area contributed by atoms with E-state index in [1.165, 1.54) is 12.1 Å². The van der Waals surface area contributed by atoms with Crippen molar-refractivity contribution in [3.05, 3.63) is 75.6 Å². The van der Waals surface area contributed by atoms with Crippen molar-refractivity contribution in [2.24, 2.45) is 4.99 Å². The minimum Gasteiger partial charge on any atom is -0.305 e. The first kappa shape index (κ1) is 13.7. The molecule has 2 aromatic carbocycles. The molecule has 0 spiro atoms. The van der Waals surface area contributed by atoms with Crippen LogP contribution in [0.3, 0.4) is 0 Å². The summed E-state index contributed by atoms with van der Waals surface area (Å²) < 4.78 is 14.5. The molecular weight excluding hydrogens is 335 g/mol. The Morgan fingerprint density at radius 1 is 1.10 bits per heavy atom. The van der Waals surface area contributed by atoms with Gasteiger partial charge in [0.25, 0.3) is 5.91 Å². The lowest BCUT2D eigenvalue weighted by Gasteiger charge is -2.02. The van der Waals surface area contributed by atoms with E-state index in [9.17, 15) is 9.18 Å². The van der Waals surface area contributed by atoms with E-state index < -0.39 is 0 Å². The van der Waals surface area contributed by atoms with Gasteiger partial charge in [0, 0.05) is 15.6 Å². The smallest absolute Gasteiger partial charge is 0.275 e. The molecule has 1 amide bonds. The SMILES string of the molecule is O=C1NC(c2ccccc2Br)=NC1=Cc1ccccc1F. The Morgan fingerprint density at radius 2 is 1.81 bits per heavy atom. The fourth-order valence-electron chi connectivity index (χ4n) is 1.99. The van der Waals surface area contributed by atoms with Crippen LogP contribution in [0.1, 0.15) is 11.1 Å². The molecule has 0 saturated carbocycles. The zero-order valence-electron chi connectivity index (χ0n) is 10.8. The van der Waals surface area contributed by atoms with Gasteiger partial charge in [0.1, 0.15) is 17.3 Å². The van der Waals surface area contributed by atoms with Gasteiger partial charge in [-0.3, -0.25) is 4.79 Å². The Bertz CT molecular complexity index is 783. The number of carbonyl (C=O) groups is 1. The molecule has 21 heavy (non-hydrogen) atoms. The Labute approximate surface area is 129 Å². The highest BCUT2D eigenvalue weighted by Gasteiger charge is 2.22. The summed E-state index contributed by atoms with van der Waals surface area (Å²) in [5.74, 6) is -0.276. The summed E-state index contributed by atoms with van der Waals surface area (Å²) in [5.41, 5.74) is 1.30. The molecule has 0 fully saturated rings. The second-order valence-corrected chi connectivity index (χ2v) is 5.30. The Hall–Kier alpha value is -2.27. The minimum absolute atomic E-state index is 0.186. The lowest BCUT2D eigenvalue weighted by molar-refractivity contribution is -0.115. The van der Waals surface area contributed by atoms with Crippen LogP contribution >= 0.6 is 15.9 Å². The number of amidine groups is 1. The molecule has 0 atom stereocenters. The van der Waals surface area contributed by atoms with Gasteiger partial charge in [-0.2, -0.15) is 0 Å². The lowest BCUT2D eigenvalue weighted by atomic mass is 10.2. The van der Waals surface area contributed by atoms with Crippen molar-refractivity contribution >= 4 is 33.7 Å². The number of carbonyl (C=O) groups excluding carboxylic acids is 1. The van der Waals surface area contributed by atoms with Crippen LogP contribution in [0.4, 0.5) is 4.39 Å². The zero-order chi connectivity index (χ0) is 14.8. The molecule has 1 aliphatic rings. The quantitative estimate of drug-likeness (QED) is 0.832. The molecule has 104 valence electrons. The second kappa shape index (κ2) is 5.61. The van der Waals surface area contributed by atoms with Crippen molar-refractivity contribution < 1.29 is 9.18 Å². The summed E-state index contributed by atoms with van der Waals surface area (Å²) in [6.45, 7) is 0. The molecule has 5 heteroatoms. The maximum absolute atomic E-state index is 13.6. The molecule has 2 aromatic rings. The van der Waals surface area contributed by atoms with Crippen LogP contribution < -0.4 is 5.32 Å². The number of benzene rings is 2. The molecule has 0 bridgehead atoms. The fraction of sp³-hybridized carbons (Fsp3) is 0. The third kappa shape index (κ3) is 2.78. The fourth-order valence-corrected chi connectivity index (χ4v) is 2.46. The topological polar surface area (TPSA) is 41.5 Å². The average Bonchev–Trinajstić information content (AvgIpc) is 2.83. The van der Waals surface area contributed by atoms with Crippen molar-refractivity contribution in [3.8, 4) is 0 Å². The van der Waals surface area contributed by atoms with Crippen LogP contribution in [0.2, 0.25) is 0 Å². The summed E-state index contributed by atoms with van der Waals surface area (Å²) in [5, 5.41) is 2.69. The Kier molecular flexibility index (Phi) is 3.66. The zero-order valence-corrected chi connectivity index (χ0v) is 12.4. The van der Waals surface area contributed by atoms with Gasteiger partial charge in [0.05, 0.1) is 0 Å². The van der Waals surface area contributed by atoms with E-state index >= 15 is 0 Å². The Morgan fingerprint density at radius 3 is 2.57 bits per heavy atom. The number of halogens is 2. The largest absolute Gasteiger partial charge is 0.305 e. The van der Waals surface area contributed by atoms with Gasteiger partial charge in [0.2, 0.25) is 0 Å². The number of rotatable bonds is 2. The highest BCUT2D eigenvalue weighted by molar-refractivity contribution is 9.10. The number of aliphatic imine (C=N–C) groups is 1. The predicted octanol–water partition coefficient (Wildman–Crippen LogP) is 3.51. The first-order valence-corrected chi connectivity index (χ1v) is 7.05. The number of nitrogens with one attached hydrogen (secondary N) is 1. The third-order valence-electron chi connectivity index (χ3n) is 3.02. The maximum Gasteiger partial charge on any atom is 0.275 e. The van der Waals surface area contributed by atoms with E-state index in [4.69, 9.17) is 0 Å². The first-order valence-electron chi connectivity index (χ1n) is 6.26. The van der Waals surface area contributed by atoms with Crippen LogP contribution in [0.5, 0.6) is 0 Å². The third-order valence-corrected chi connectivity index (χ3v) is 3.71. The van der Waals surface area contributed by atoms with Gasteiger partial charge < -0.3 is 5.32 Å². The van der Waals surface area contributed by atoms with Crippen molar-refractivity contribution in [3.63, 3.8) is 0 Å². The molecular formula is C16H10BrFN2O. The summed E-state index contributed by atoms with van der Waals surface area (Å²) in [4.78, 5) is 16.2. The Balaban J connectivity index is 2.00. The number of hydrogen-bond donors (Lipinski definition) is 1. The second-order valence-electron chi connectivity index (χ2n) is 4.45. The van der Waals surface area contributed by atoms with Gasteiger partial charge in [0.15, 0.2) is 0 Å². The molecule has 1 heterocycles. The first-order chi connectivity index (χ1) is 10.1. The number of nitrogens with zero attached hydrogens (tertiary/aromatic N) is 1. The molecule has 1 aliphatic heterocycles. The minimum atomic E-state index is -0.387. The monoisotopic (exact) mass is 344 g/mol. The molecule has 0 radical (unpaired) electrons. The highest BCUT2D eigenvalue weighted by atomic mass is 79.9. The normalized spacial score (nSPS) is 16.0. The number of amides is 1. The molecule has 3 rings (SSSR count). The van der Waals surface area contributed by atoms with E-state index in [0.29, 0.717) is 11.4 Å².